The zero-order valence-corrected chi connectivity index (χ0v) is 8.75. The van der Waals surface area contributed by atoms with Crippen LogP contribution in [0.15, 0.2) is 12.3 Å². The molecule has 2 nitrogen and oxygen atoms in total. The van der Waals surface area contributed by atoms with Crippen LogP contribution in [0.4, 0.5) is 17.6 Å². The van der Waals surface area contributed by atoms with E-state index in [1.807, 2.05) is 0 Å². The first kappa shape index (κ1) is 12.7. The maximum Gasteiger partial charge on any atom is 0.387 e. The smallest absolute Gasteiger partial charge is 0.387 e. The van der Waals surface area contributed by atoms with E-state index in [0.29, 0.717) is 0 Å². The summed E-state index contributed by atoms with van der Waals surface area (Å²) >= 11 is 0. The molecule has 0 amide bonds. The minimum atomic E-state index is -2.99. The summed E-state index contributed by atoms with van der Waals surface area (Å²) in [5.41, 5.74) is -0.176. The molecule has 0 aliphatic carbocycles. The molecule has 0 aliphatic heterocycles. The number of alkyl halides is 4. The van der Waals surface area contributed by atoms with E-state index in [4.69, 9.17) is 0 Å². The van der Waals surface area contributed by atoms with Crippen LogP contribution in [0.3, 0.4) is 0 Å². The molecule has 0 bridgehead atoms. The van der Waals surface area contributed by atoms with Crippen LogP contribution in [0, 0.1) is 0 Å². The van der Waals surface area contributed by atoms with Crippen LogP contribution in [0.2, 0.25) is 0 Å². The van der Waals surface area contributed by atoms with Gasteiger partial charge in [0.2, 0.25) is 0 Å². The van der Waals surface area contributed by atoms with Gasteiger partial charge in [0.1, 0.15) is 11.4 Å². The molecule has 0 radical (unpaired) electrons. The Hall–Kier alpha value is -1.33. The summed E-state index contributed by atoms with van der Waals surface area (Å²) in [6.07, 6.45) is -1.85. The Morgan fingerprint density at radius 2 is 1.81 bits per heavy atom. The topological polar surface area (TPSA) is 22.1 Å². The van der Waals surface area contributed by atoms with E-state index in [2.05, 4.69) is 9.72 Å². The van der Waals surface area contributed by atoms with Crippen LogP contribution in [0.1, 0.15) is 37.4 Å². The van der Waals surface area contributed by atoms with E-state index in [1.54, 1.807) is 13.8 Å². The lowest BCUT2D eigenvalue weighted by Crippen LogP contribution is -2.06. The predicted molar refractivity (Wildman–Crippen MR) is 49.9 cm³/mol. The monoisotopic (exact) mass is 237 g/mol. The molecule has 0 atom stereocenters. The molecule has 16 heavy (non-hydrogen) atoms. The van der Waals surface area contributed by atoms with Crippen LogP contribution in [-0.4, -0.2) is 11.6 Å². The van der Waals surface area contributed by atoms with Crippen molar-refractivity contribution in [1.29, 1.82) is 0 Å². The van der Waals surface area contributed by atoms with Crippen LogP contribution in [0.25, 0.3) is 0 Å². The third kappa shape index (κ3) is 3.08. The number of hydrogen-bond acceptors (Lipinski definition) is 2. The summed E-state index contributed by atoms with van der Waals surface area (Å²) < 4.78 is 53.0. The van der Waals surface area contributed by atoms with E-state index in [9.17, 15) is 17.6 Å². The first-order chi connectivity index (χ1) is 7.41. The minimum absolute atomic E-state index is 0.205. The van der Waals surface area contributed by atoms with Gasteiger partial charge in [0.25, 0.3) is 6.43 Å². The summed E-state index contributed by atoms with van der Waals surface area (Å²) in [5.74, 6) is -0.444. The van der Waals surface area contributed by atoms with Gasteiger partial charge in [-0.3, -0.25) is 4.98 Å². The molecular weight excluding hydrogens is 226 g/mol. The summed E-state index contributed by atoms with van der Waals surface area (Å²) in [6, 6.07) is 1.17. The van der Waals surface area contributed by atoms with Crippen molar-refractivity contribution in [2.45, 2.75) is 32.8 Å². The van der Waals surface area contributed by atoms with E-state index in [1.165, 1.54) is 6.07 Å². The molecule has 0 N–H and O–H groups in total. The summed E-state index contributed by atoms with van der Waals surface area (Å²) in [5, 5.41) is 0. The SMILES string of the molecule is CC(C)c1cc(OC(F)F)cnc1C(F)F. The van der Waals surface area contributed by atoms with Gasteiger partial charge in [-0.15, -0.1) is 0 Å². The highest BCUT2D eigenvalue weighted by Crippen LogP contribution is 2.29. The predicted octanol–water partition coefficient (Wildman–Crippen LogP) is 3.74. The normalized spacial score (nSPS) is 11.6. The molecule has 1 heterocycles. The van der Waals surface area contributed by atoms with Crippen molar-refractivity contribution in [1.82, 2.24) is 4.98 Å². The largest absolute Gasteiger partial charge is 0.433 e. The zero-order chi connectivity index (χ0) is 12.3. The average molecular weight is 237 g/mol. The van der Waals surface area contributed by atoms with Crippen molar-refractivity contribution >= 4 is 0 Å². The molecule has 0 unspecified atom stereocenters. The average Bonchev–Trinajstić information content (AvgIpc) is 2.16. The van der Waals surface area contributed by atoms with Gasteiger partial charge in [-0.1, -0.05) is 13.8 Å². The molecule has 0 fully saturated rings. The second kappa shape index (κ2) is 5.14. The van der Waals surface area contributed by atoms with Gasteiger partial charge >= 0.3 is 6.61 Å². The van der Waals surface area contributed by atoms with Crippen molar-refractivity contribution in [2.24, 2.45) is 0 Å². The summed E-state index contributed by atoms with van der Waals surface area (Å²) in [4.78, 5) is 3.44. The lowest BCUT2D eigenvalue weighted by molar-refractivity contribution is -0.0501. The van der Waals surface area contributed by atoms with Gasteiger partial charge in [-0.2, -0.15) is 8.78 Å². The molecule has 0 spiro atoms. The lowest BCUT2D eigenvalue weighted by atomic mass is 10.0. The molecule has 1 aromatic rings. The van der Waals surface area contributed by atoms with Crippen molar-refractivity contribution in [3.05, 3.63) is 23.5 Å². The fourth-order valence-electron chi connectivity index (χ4n) is 1.28. The molecule has 1 aromatic heterocycles. The Kier molecular flexibility index (Phi) is 4.09. The number of halogens is 4. The van der Waals surface area contributed by atoms with Crippen molar-refractivity contribution in [3.8, 4) is 5.75 Å². The maximum absolute atomic E-state index is 12.5. The standard InChI is InChI=1S/C10H11F4NO/c1-5(2)7-3-6(16-10(13)14)4-15-8(7)9(11)12/h3-5,9-10H,1-2H3. The van der Waals surface area contributed by atoms with Crippen LogP contribution >= 0.6 is 0 Å². The summed E-state index contributed by atoms with van der Waals surface area (Å²) in [7, 11) is 0. The number of ether oxygens (including phenoxy) is 1. The van der Waals surface area contributed by atoms with E-state index >= 15 is 0 Å². The Balaban J connectivity index is 3.07. The second-order valence-corrected chi connectivity index (χ2v) is 3.48. The van der Waals surface area contributed by atoms with Gasteiger partial charge in [0, 0.05) is 0 Å². The Bertz CT molecular complexity index is 355. The van der Waals surface area contributed by atoms with E-state index in [0.717, 1.165) is 6.20 Å². The summed E-state index contributed by atoms with van der Waals surface area (Å²) in [6.45, 7) is 0.364. The molecule has 0 aromatic carbocycles. The zero-order valence-electron chi connectivity index (χ0n) is 8.75. The highest BCUT2D eigenvalue weighted by Gasteiger charge is 2.18. The third-order valence-corrected chi connectivity index (χ3v) is 1.98. The Morgan fingerprint density at radius 3 is 2.25 bits per heavy atom. The molecular formula is C10H11F4NO. The molecule has 0 saturated carbocycles. The number of pyridine rings is 1. The fourth-order valence-corrected chi connectivity index (χ4v) is 1.28. The first-order valence-electron chi connectivity index (χ1n) is 4.64. The quantitative estimate of drug-likeness (QED) is 0.744. The Morgan fingerprint density at radius 1 is 1.19 bits per heavy atom. The molecule has 90 valence electrons. The van der Waals surface area contributed by atoms with Crippen LogP contribution < -0.4 is 4.74 Å². The number of aromatic nitrogens is 1. The molecule has 1 rings (SSSR count). The van der Waals surface area contributed by atoms with Crippen molar-refractivity contribution in [2.75, 3.05) is 0 Å². The maximum atomic E-state index is 12.5. The van der Waals surface area contributed by atoms with E-state index in [-0.39, 0.29) is 17.2 Å². The fraction of sp³-hybridized carbons (Fsp3) is 0.500. The molecule has 6 heteroatoms. The lowest BCUT2D eigenvalue weighted by Gasteiger charge is -2.13. The van der Waals surface area contributed by atoms with E-state index < -0.39 is 18.7 Å². The van der Waals surface area contributed by atoms with Gasteiger partial charge in [0.15, 0.2) is 0 Å². The second-order valence-electron chi connectivity index (χ2n) is 3.48. The number of nitrogens with zero attached hydrogens (tertiary/aromatic N) is 1. The Labute approximate surface area is 90.3 Å². The third-order valence-electron chi connectivity index (χ3n) is 1.98. The van der Waals surface area contributed by atoms with Gasteiger partial charge in [0.05, 0.1) is 6.20 Å². The molecule has 0 aliphatic rings. The van der Waals surface area contributed by atoms with Crippen molar-refractivity contribution < 1.29 is 22.3 Å². The van der Waals surface area contributed by atoms with Crippen molar-refractivity contribution in [3.63, 3.8) is 0 Å². The highest BCUT2D eigenvalue weighted by molar-refractivity contribution is 5.32. The minimum Gasteiger partial charge on any atom is -0.433 e. The van der Waals surface area contributed by atoms with Crippen LogP contribution in [-0.2, 0) is 0 Å². The number of rotatable bonds is 4. The van der Waals surface area contributed by atoms with Gasteiger partial charge in [-0.05, 0) is 17.5 Å². The van der Waals surface area contributed by atoms with Gasteiger partial charge in [-0.25, -0.2) is 8.78 Å². The first-order valence-corrected chi connectivity index (χ1v) is 4.64. The number of hydrogen-bond donors (Lipinski definition) is 0. The van der Waals surface area contributed by atoms with Crippen LogP contribution in [0.5, 0.6) is 5.75 Å². The van der Waals surface area contributed by atoms with Gasteiger partial charge < -0.3 is 4.74 Å². The molecule has 0 saturated heterocycles. The highest BCUT2D eigenvalue weighted by atomic mass is 19.3.